The van der Waals surface area contributed by atoms with E-state index in [9.17, 15) is 4.79 Å². The van der Waals surface area contributed by atoms with Crippen molar-refractivity contribution in [2.75, 3.05) is 26.8 Å². The monoisotopic (exact) mass is 228 g/mol. The summed E-state index contributed by atoms with van der Waals surface area (Å²) in [5, 5.41) is 0. The largest absolute Gasteiger partial charge is 0.379 e. The Hall–Kier alpha value is -0.650. The van der Waals surface area contributed by atoms with Gasteiger partial charge in [-0.15, -0.1) is 0 Å². The molecule has 2 aliphatic heterocycles. The molecule has 0 aromatic carbocycles. The van der Waals surface area contributed by atoms with Crippen LogP contribution in [-0.4, -0.2) is 55.9 Å². The van der Waals surface area contributed by atoms with Gasteiger partial charge in [-0.1, -0.05) is 0 Å². The molecule has 1 amide bonds. The van der Waals surface area contributed by atoms with Crippen molar-refractivity contribution in [3.8, 4) is 0 Å². The molecule has 16 heavy (non-hydrogen) atoms. The number of amides is 1. The lowest BCUT2D eigenvalue weighted by molar-refractivity contribution is -0.143. The molecule has 2 rings (SSSR count). The average Bonchev–Trinajstić information content (AvgIpc) is 2.97. The second-order valence-corrected chi connectivity index (χ2v) is 4.53. The molecule has 0 bridgehead atoms. The number of ether oxygens (including phenoxy) is 2. The van der Waals surface area contributed by atoms with Crippen molar-refractivity contribution < 1.29 is 14.3 Å². The Morgan fingerprint density at radius 3 is 2.81 bits per heavy atom. The van der Waals surface area contributed by atoms with Gasteiger partial charge in [-0.25, -0.2) is 0 Å². The molecule has 92 valence electrons. The third kappa shape index (κ3) is 2.36. The SMILES string of the molecule is CN(C(=O)[C@@H]1CC[C@H](CN)O1)C1CCOC1. The highest BCUT2D eigenvalue weighted by Crippen LogP contribution is 2.22. The Balaban J connectivity index is 1.87. The van der Waals surface area contributed by atoms with Crippen molar-refractivity contribution in [2.24, 2.45) is 5.73 Å². The summed E-state index contributed by atoms with van der Waals surface area (Å²) >= 11 is 0. The first-order valence-corrected chi connectivity index (χ1v) is 5.92. The van der Waals surface area contributed by atoms with E-state index in [2.05, 4.69) is 0 Å². The molecule has 2 saturated heterocycles. The average molecular weight is 228 g/mol. The first-order chi connectivity index (χ1) is 7.72. The maximum atomic E-state index is 12.1. The van der Waals surface area contributed by atoms with Crippen LogP contribution in [0.25, 0.3) is 0 Å². The molecular formula is C11H20N2O3. The zero-order valence-electron chi connectivity index (χ0n) is 9.72. The van der Waals surface area contributed by atoms with Gasteiger partial charge in [-0.3, -0.25) is 4.79 Å². The Labute approximate surface area is 95.9 Å². The van der Waals surface area contributed by atoms with Crippen LogP contribution < -0.4 is 5.73 Å². The van der Waals surface area contributed by atoms with E-state index >= 15 is 0 Å². The van der Waals surface area contributed by atoms with E-state index in [1.54, 1.807) is 4.90 Å². The third-order valence-corrected chi connectivity index (χ3v) is 3.45. The van der Waals surface area contributed by atoms with E-state index in [-0.39, 0.29) is 24.2 Å². The summed E-state index contributed by atoms with van der Waals surface area (Å²) in [7, 11) is 1.83. The number of carbonyl (C=O) groups excluding carboxylic acids is 1. The summed E-state index contributed by atoms with van der Waals surface area (Å²) in [6, 6.07) is 0.216. The molecule has 5 heteroatoms. The minimum absolute atomic E-state index is 0.0576. The van der Waals surface area contributed by atoms with Crippen molar-refractivity contribution in [1.82, 2.24) is 4.90 Å². The summed E-state index contributed by atoms with van der Waals surface area (Å²) in [5.41, 5.74) is 5.52. The Bertz CT molecular complexity index is 254. The van der Waals surface area contributed by atoms with E-state index < -0.39 is 0 Å². The molecule has 0 aromatic rings. The van der Waals surface area contributed by atoms with E-state index in [4.69, 9.17) is 15.2 Å². The summed E-state index contributed by atoms with van der Waals surface area (Å²) in [6.07, 6.45) is 2.37. The number of rotatable bonds is 3. The predicted octanol–water partition coefficient (Wildman–Crippen LogP) is -0.260. The van der Waals surface area contributed by atoms with Crippen molar-refractivity contribution >= 4 is 5.91 Å². The number of hydrogen-bond acceptors (Lipinski definition) is 4. The van der Waals surface area contributed by atoms with Crippen LogP contribution in [0.3, 0.4) is 0 Å². The molecule has 0 aromatic heterocycles. The van der Waals surface area contributed by atoms with Gasteiger partial charge in [0, 0.05) is 20.2 Å². The summed E-state index contributed by atoms with van der Waals surface area (Å²) in [4.78, 5) is 13.9. The van der Waals surface area contributed by atoms with E-state index in [0.29, 0.717) is 13.2 Å². The topological polar surface area (TPSA) is 64.8 Å². The molecule has 2 aliphatic rings. The zero-order valence-corrected chi connectivity index (χ0v) is 9.72. The van der Waals surface area contributed by atoms with E-state index in [0.717, 1.165) is 25.9 Å². The quantitative estimate of drug-likeness (QED) is 0.723. The van der Waals surface area contributed by atoms with Crippen LogP contribution in [0.2, 0.25) is 0 Å². The molecule has 2 heterocycles. The Morgan fingerprint density at radius 2 is 2.25 bits per heavy atom. The van der Waals surface area contributed by atoms with Crippen molar-refractivity contribution in [3.05, 3.63) is 0 Å². The lowest BCUT2D eigenvalue weighted by Gasteiger charge is -2.26. The van der Waals surface area contributed by atoms with Gasteiger partial charge in [-0.2, -0.15) is 0 Å². The molecule has 2 N–H and O–H groups in total. The van der Waals surface area contributed by atoms with E-state index in [1.165, 1.54) is 0 Å². The van der Waals surface area contributed by atoms with Crippen LogP contribution >= 0.6 is 0 Å². The minimum atomic E-state index is -0.292. The molecule has 0 saturated carbocycles. The van der Waals surface area contributed by atoms with Gasteiger partial charge < -0.3 is 20.1 Å². The highest BCUT2D eigenvalue weighted by atomic mass is 16.5. The molecular weight excluding hydrogens is 208 g/mol. The smallest absolute Gasteiger partial charge is 0.251 e. The van der Waals surface area contributed by atoms with Crippen LogP contribution in [0, 0.1) is 0 Å². The van der Waals surface area contributed by atoms with Crippen LogP contribution in [0.1, 0.15) is 19.3 Å². The van der Waals surface area contributed by atoms with Crippen molar-refractivity contribution in [3.63, 3.8) is 0 Å². The number of nitrogens with two attached hydrogens (primary N) is 1. The first-order valence-electron chi connectivity index (χ1n) is 5.92. The normalized spacial score (nSPS) is 34.2. The second kappa shape index (κ2) is 5.12. The number of hydrogen-bond donors (Lipinski definition) is 1. The molecule has 1 unspecified atom stereocenters. The minimum Gasteiger partial charge on any atom is -0.379 e. The molecule has 0 aliphatic carbocycles. The molecule has 5 nitrogen and oxygen atoms in total. The van der Waals surface area contributed by atoms with E-state index in [1.807, 2.05) is 7.05 Å². The highest BCUT2D eigenvalue weighted by molar-refractivity contribution is 5.81. The van der Waals surface area contributed by atoms with Gasteiger partial charge in [0.1, 0.15) is 6.10 Å². The molecule has 0 spiro atoms. The standard InChI is InChI=1S/C11H20N2O3/c1-13(8-4-5-15-7-8)11(14)10-3-2-9(6-12)16-10/h8-10H,2-7,12H2,1H3/t8?,9-,10+/m1/s1. The summed E-state index contributed by atoms with van der Waals surface area (Å²) < 4.78 is 10.9. The van der Waals surface area contributed by atoms with Crippen LogP contribution in [0.4, 0.5) is 0 Å². The third-order valence-electron chi connectivity index (χ3n) is 3.45. The fourth-order valence-electron chi connectivity index (χ4n) is 2.30. The van der Waals surface area contributed by atoms with Gasteiger partial charge >= 0.3 is 0 Å². The van der Waals surface area contributed by atoms with Gasteiger partial charge in [0.05, 0.1) is 18.8 Å². The molecule has 3 atom stereocenters. The van der Waals surface area contributed by atoms with Crippen LogP contribution in [-0.2, 0) is 14.3 Å². The fourth-order valence-corrected chi connectivity index (χ4v) is 2.30. The summed E-state index contributed by atoms with van der Waals surface area (Å²) in [6.45, 7) is 1.90. The van der Waals surface area contributed by atoms with Crippen molar-refractivity contribution in [1.29, 1.82) is 0 Å². The van der Waals surface area contributed by atoms with Crippen LogP contribution in [0.5, 0.6) is 0 Å². The highest BCUT2D eigenvalue weighted by Gasteiger charge is 2.34. The lowest BCUT2D eigenvalue weighted by Crippen LogP contribution is -2.43. The number of nitrogens with zero attached hydrogens (tertiary/aromatic N) is 1. The molecule has 0 radical (unpaired) electrons. The summed E-state index contributed by atoms with van der Waals surface area (Å²) in [5.74, 6) is 0.0754. The predicted molar refractivity (Wildman–Crippen MR) is 58.9 cm³/mol. The zero-order chi connectivity index (χ0) is 11.5. The number of carbonyl (C=O) groups is 1. The van der Waals surface area contributed by atoms with Gasteiger partial charge in [-0.05, 0) is 19.3 Å². The van der Waals surface area contributed by atoms with Gasteiger partial charge in [0.2, 0.25) is 0 Å². The Morgan fingerprint density at radius 1 is 1.44 bits per heavy atom. The van der Waals surface area contributed by atoms with Crippen LogP contribution in [0.15, 0.2) is 0 Å². The number of likely N-dealkylation sites (N-methyl/N-ethyl adjacent to an activating group) is 1. The lowest BCUT2D eigenvalue weighted by atomic mass is 10.1. The van der Waals surface area contributed by atoms with Gasteiger partial charge in [0.25, 0.3) is 5.91 Å². The van der Waals surface area contributed by atoms with Crippen molar-refractivity contribution in [2.45, 2.75) is 37.5 Å². The fraction of sp³-hybridized carbons (Fsp3) is 0.909. The maximum absolute atomic E-state index is 12.1. The molecule has 2 fully saturated rings. The Kier molecular flexibility index (Phi) is 3.78. The first kappa shape index (κ1) is 11.8. The second-order valence-electron chi connectivity index (χ2n) is 4.53. The maximum Gasteiger partial charge on any atom is 0.251 e. The van der Waals surface area contributed by atoms with Gasteiger partial charge in [0.15, 0.2) is 0 Å².